The van der Waals surface area contributed by atoms with Crippen molar-refractivity contribution in [2.75, 3.05) is 25.4 Å². The van der Waals surface area contributed by atoms with Crippen LogP contribution < -0.4 is 10.6 Å². The van der Waals surface area contributed by atoms with Crippen LogP contribution in [0.2, 0.25) is 10.0 Å². The van der Waals surface area contributed by atoms with Gasteiger partial charge >= 0.3 is 0 Å². The minimum Gasteiger partial charge on any atom is -0.354 e. The first kappa shape index (κ1) is 23.4. The summed E-state index contributed by atoms with van der Waals surface area (Å²) in [4.78, 5) is 27.2. The van der Waals surface area contributed by atoms with E-state index in [0.717, 1.165) is 35.3 Å². The molecule has 0 aliphatic carbocycles. The molecule has 1 spiro atoms. The van der Waals surface area contributed by atoms with Crippen LogP contribution >= 0.6 is 35.0 Å². The van der Waals surface area contributed by atoms with Gasteiger partial charge in [0, 0.05) is 41.0 Å². The van der Waals surface area contributed by atoms with E-state index in [-0.39, 0.29) is 22.7 Å². The van der Waals surface area contributed by atoms with Gasteiger partial charge in [0.1, 0.15) is 0 Å². The molecule has 1 atom stereocenters. The van der Waals surface area contributed by atoms with E-state index in [1.54, 1.807) is 23.9 Å². The van der Waals surface area contributed by atoms with E-state index in [2.05, 4.69) is 10.6 Å². The summed E-state index contributed by atoms with van der Waals surface area (Å²) in [6.07, 6.45) is 2.32. The lowest BCUT2D eigenvalue weighted by atomic mass is 10.0. The van der Waals surface area contributed by atoms with Gasteiger partial charge in [0.05, 0.1) is 10.9 Å². The van der Waals surface area contributed by atoms with Gasteiger partial charge in [0.2, 0.25) is 5.91 Å². The molecule has 2 aliphatic heterocycles. The van der Waals surface area contributed by atoms with E-state index in [1.807, 2.05) is 42.2 Å². The minimum atomic E-state index is -0.222. The van der Waals surface area contributed by atoms with Gasteiger partial charge in [-0.2, -0.15) is 0 Å². The third-order valence-corrected chi connectivity index (χ3v) is 8.31. The highest BCUT2D eigenvalue weighted by atomic mass is 35.5. The van der Waals surface area contributed by atoms with Crippen molar-refractivity contribution in [3.63, 3.8) is 0 Å². The highest BCUT2D eigenvalue weighted by Gasteiger charge is 2.44. The normalized spacial score (nSPS) is 19.8. The molecule has 170 valence electrons. The Morgan fingerprint density at radius 3 is 2.56 bits per heavy atom. The molecule has 5 nitrogen and oxygen atoms in total. The number of carbonyl (C=O) groups excluding carboxylic acids is 2. The van der Waals surface area contributed by atoms with Gasteiger partial charge < -0.3 is 10.2 Å². The highest BCUT2D eigenvalue weighted by Crippen LogP contribution is 2.39. The maximum Gasteiger partial charge on any atom is 0.253 e. The van der Waals surface area contributed by atoms with Crippen LogP contribution in [-0.2, 0) is 11.2 Å². The number of carbonyl (C=O) groups is 2. The Bertz CT molecular complexity index is 991. The van der Waals surface area contributed by atoms with Gasteiger partial charge in [-0.3, -0.25) is 14.9 Å². The molecule has 4 rings (SSSR count). The zero-order chi connectivity index (χ0) is 22.7. The van der Waals surface area contributed by atoms with Crippen molar-refractivity contribution < 1.29 is 9.59 Å². The van der Waals surface area contributed by atoms with Gasteiger partial charge in [0.15, 0.2) is 0 Å². The summed E-state index contributed by atoms with van der Waals surface area (Å²) in [6.45, 7) is 3.92. The molecule has 2 N–H and O–H groups in total. The number of rotatable bonds is 5. The minimum absolute atomic E-state index is 0.0117. The fourth-order valence-electron chi connectivity index (χ4n) is 4.19. The van der Waals surface area contributed by atoms with Crippen molar-refractivity contribution in [1.29, 1.82) is 0 Å². The molecule has 2 saturated heterocycles. The van der Waals surface area contributed by atoms with Crippen LogP contribution in [0.15, 0.2) is 42.5 Å². The summed E-state index contributed by atoms with van der Waals surface area (Å²) in [5.41, 5.74) is 2.84. The Morgan fingerprint density at radius 2 is 1.88 bits per heavy atom. The molecule has 2 fully saturated rings. The number of thioether (sulfide) groups is 1. The molecule has 2 aliphatic rings. The molecular weight excluding hydrogens is 465 g/mol. The predicted octanol–water partition coefficient (Wildman–Crippen LogP) is 4.30. The zero-order valence-electron chi connectivity index (χ0n) is 18.0. The van der Waals surface area contributed by atoms with Crippen molar-refractivity contribution >= 4 is 46.8 Å². The van der Waals surface area contributed by atoms with E-state index in [1.165, 1.54) is 0 Å². The summed E-state index contributed by atoms with van der Waals surface area (Å²) in [5.74, 6) is 0.829. The Morgan fingerprint density at radius 1 is 1.16 bits per heavy atom. The molecule has 0 bridgehead atoms. The molecule has 0 saturated carbocycles. The summed E-state index contributed by atoms with van der Waals surface area (Å²) in [5, 5.41) is 7.79. The quantitative estimate of drug-likeness (QED) is 0.654. The largest absolute Gasteiger partial charge is 0.354 e. The lowest BCUT2D eigenvalue weighted by molar-refractivity contribution is -0.122. The Labute approximate surface area is 203 Å². The fourth-order valence-corrected chi connectivity index (χ4v) is 6.11. The molecule has 2 heterocycles. The molecule has 32 heavy (non-hydrogen) atoms. The van der Waals surface area contributed by atoms with Crippen LogP contribution in [0.1, 0.15) is 34.3 Å². The smallest absolute Gasteiger partial charge is 0.253 e. The van der Waals surface area contributed by atoms with Gasteiger partial charge in [-0.05, 0) is 56.0 Å². The maximum atomic E-state index is 12.8. The number of aryl methyl sites for hydroxylation is 1. The molecule has 2 aromatic rings. The van der Waals surface area contributed by atoms with Gasteiger partial charge in [-0.15, -0.1) is 11.8 Å². The molecule has 0 radical (unpaired) electrons. The Balaban J connectivity index is 1.24. The van der Waals surface area contributed by atoms with E-state index in [0.29, 0.717) is 36.1 Å². The highest BCUT2D eigenvalue weighted by molar-refractivity contribution is 8.01. The average molecular weight is 492 g/mol. The molecular formula is C24H27Cl2N3O2S. The van der Waals surface area contributed by atoms with Crippen LogP contribution in [0.4, 0.5) is 0 Å². The fraction of sp³-hybridized carbons (Fsp3) is 0.417. The molecule has 1 unspecified atom stereocenters. The molecule has 2 aromatic carbocycles. The number of piperidine rings is 1. The van der Waals surface area contributed by atoms with E-state index >= 15 is 0 Å². The number of likely N-dealkylation sites (tertiary alicyclic amines) is 1. The Kier molecular flexibility index (Phi) is 7.35. The number of nitrogens with one attached hydrogen (secondary N) is 2. The summed E-state index contributed by atoms with van der Waals surface area (Å²) < 4.78 is 0. The number of hydrogen-bond acceptors (Lipinski definition) is 4. The van der Waals surface area contributed by atoms with Crippen LogP contribution in [-0.4, -0.2) is 53.0 Å². The predicted molar refractivity (Wildman–Crippen MR) is 132 cm³/mol. The van der Waals surface area contributed by atoms with Gasteiger partial charge in [0.25, 0.3) is 5.91 Å². The van der Waals surface area contributed by atoms with E-state index in [4.69, 9.17) is 23.2 Å². The second kappa shape index (κ2) is 10.0. The number of amides is 2. The van der Waals surface area contributed by atoms with Crippen molar-refractivity contribution in [1.82, 2.24) is 15.5 Å². The summed E-state index contributed by atoms with van der Waals surface area (Å²) in [6, 6.07) is 12.9. The lowest BCUT2D eigenvalue weighted by Gasteiger charge is -2.39. The first-order valence-electron chi connectivity index (χ1n) is 10.8. The van der Waals surface area contributed by atoms with Crippen LogP contribution in [0.3, 0.4) is 0 Å². The second-order valence-electron chi connectivity index (χ2n) is 8.44. The lowest BCUT2D eigenvalue weighted by Crippen LogP contribution is -2.54. The SMILES string of the molecule is Cc1ccc(C(=O)N2CCC3(CC2)NC(C(=O)NCCc2ccc(Cl)cc2Cl)CS3)cc1. The number of halogens is 2. The van der Waals surface area contributed by atoms with Crippen molar-refractivity contribution in [3.05, 3.63) is 69.2 Å². The number of benzene rings is 2. The third kappa shape index (κ3) is 5.42. The first-order chi connectivity index (χ1) is 15.3. The zero-order valence-corrected chi connectivity index (χ0v) is 20.3. The maximum absolute atomic E-state index is 12.8. The van der Waals surface area contributed by atoms with Gasteiger partial charge in [-0.1, -0.05) is 47.0 Å². The molecule has 0 aromatic heterocycles. The summed E-state index contributed by atoms with van der Waals surface area (Å²) in [7, 11) is 0. The van der Waals surface area contributed by atoms with Crippen molar-refractivity contribution in [3.8, 4) is 0 Å². The van der Waals surface area contributed by atoms with E-state index in [9.17, 15) is 9.59 Å². The van der Waals surface area contributed by atoms with Gasteiger partial charge in [-0.25, -0.2) is 0 Å². The molecule has 8 heteroatoms. The monoisotopic (exact) mass is 491 g/mol. The summed E-state index contributed by atoms with van der Waals surface area (Å²) >= 11 is 13.9. The number of hydrogen-bond donors (Lipinski definition) is 2. The number of nitrogens with zero attached hydrogens (tertiary/aromatic N) is 1. The molecule has 2 amide bonds. The van der Waals surface area contributed by atoms with Crippen LogP contribution in [0.25, 0.3) is 0 Å². The van der Waals surface area contributed by atoms with Crippen LogP contribution in [0.5, 0.6) is 0 Å². The van der Waals surface area contributed by atoms with Crippen LogP contribution in [0, 0.1) is 6.92 Å². The second-order valence-corrected chi connectivity index (χ2v) is 10.7. The topological polar surface area (TPSA) is 61.4 Å². The van der Waals surface area contributed by atoms with Crippen molar-refractivity contribution in [2.24, 2.45) is 0 Å². The third-order valence-electron chi connectivity index (χ3n) is 6.15. The Hall–Kier alpha value is -1.73. The standard InChI is InChI=1S/C24H27Cl2N3O2S/c1-16-2-4-18(5-3-16)23(31)29-12-9-24(10-13-29)28-21(15-32-24)22(30)27-11-8-17-6-7-19(25)14-20(17)26/h2-7,14,21,28H,8-13,15H2,1H3,(H,27,30). The van der Waals surface area contributed by atoms with Crippen molar-refractivity contribution in [2.45, 2.75) is 37.1 Å². The average Bonchev–Trinajstić information content (AvgIpc) is 3.19. The van der Waals surface area contributed by atoms with E-state index < -0.39 is 0 Å². The first-order valence-corrected chi connectivity index (χ1v) is 12.6.